The minimum Gasteiger partial charge on any atom is -0.295 e. The predicted octanol–water partition coefficient (Wildman–Crippen LogP) is 12.4. The van der Waals surface area contributed by atoms with Crippen molar-refractivity contribution in [1.82, 2.24) is 24.5 Å². The number of fused-ring (bicyclic) bond motifs is 12. The molecule has 0 amide bonds. The lowest BCUT2D eigenvalue weighted by atomic mass is 9.72. The minimum absolute atomic E-state index is 0.603. The number of hydrogen-bond donors (Lipinski definition) is 0. The van der Waals surface area contributed by atoms with Crippen molar-refractivity contribution in [3.8, 4) is 51.0 Å². The summed E-state index contributed by atoms with van der Waals surface area (Å²) in [5, 5.41) is 0. The van der Waals surface area contributed by atoms with Gasteiger partial charge < -0.3 is 0 Å². The van der Waals surface area contributed by atoms with Gasteiger partial charge in [0.05, 0.1) is 16.7 Å². The van der Waals surface area contributed by atoms with Gasteiger partial charge in [0.2, 0.25) is 0 Å². The number of benzene rings is 6. The topological polar surface area (TPSA) is 56.5 Å². The van der Waals surface area contributed by atoms with E-state index in [9.17, 15) is 0 Å². The van der Waals surface area contributed by atoms with Gasteiger partial charge in [0, 0.05) is 16.7 Å². The second-order valence-corrected chi connectivity index (χ2v) is 14.7. The first-order valence-electron chi connectivity index (χ1n) is 19.8. The highest BCUT2D eigenvalue weighted by molar-refractivity contribution is 5.92. The standard InChI is InChI=1S/C47H31N5.C4H10/c1-3-13-30(14-4-1)31-23-25-33(26-24-31)44-49-43(32-15-5-2-6-16-32)50-45(51-44)34-27-28-36-35-17-7-8-18-37(35)47(39(36)29-34)38-19-9-11-21-41(38)52-42-22-12-10-20-40(42)48-46(47)52;1-3-4-2/h2-3,5-29H,1,4H2;3-4H2,1-2H3. The van der Waals surface area contributed by atoms with Crippen LogP contribution in [0.1, 0.15) is 67.6 Å². The first-order chi connectivity index (χ1) is 27.7. The van der Waals surface area contributed by atoms with E-state index in [0.717, 1.165) is 52.1 Å². The normalized spacial score (nSPS) is 15.8. The van der Waals surface area contributed by atoms with Crippen molar-refractivity contribution >= 4 is 16.6 Å². The Kier molecular flexibility index (Phi) is 8.36. The lowest BCUT2D eigenvalue weighted by molar-refractivity contribution is 0.738. The van der Waals surface area contributed by atoms with Crippen LogP contribution in [0.4, 0.5) is 0 Å². The fraction of sp³-hybridized carbons (Fsp3) is 0.137. The Hall–Kier alpha value is -6.72. The van der Waals surface area contributed by atoms with Gasteiger partial charge in [-0.05, 0) is 76.1 Å². The molecule has 270 valence electrons. The van der Waals surface area contributed by atoms with Crippen LogP contribution in [-0.4, -0.2) is 24.5 Å². The zero-order chi connectivity index (χ0) is 37.6. The van der Waals surface area contributed by atoms with Crippen molar-refractivity contribution in [3.05, 3.63) is 192 Å². The van der Waals surface area contributed by atoms with Gasteiger partial charge in [0.1, 0.15) is 11.2 Å². The quantitative estimate of drug-likeness (QED) is 0.177. The molecule has 5 heteroatoms. The first kappa shape index (κ1) is 33.8. The molecule has 2 aromatic heterocycles. The molecule has 0 saturated carbocycles. The average Bonchev–Trinajstić information content (AvgIpc) is 3.90. The van der Waals surface area contributed by atoms with Crippen molar-refractivity contribution in [2.24, 2.45) is 0 Å². The van der Waals surface area contributed by atoms with Crippen molar-refractivity contribution in [2.45, 2.75) is 44.9 Å². The Balaban J connectivity index is 0.000000919. The number of allylic oxidation sites excluding steroid dienone is 4. The SMILES string of the molecule is C1=CC(c2ccc(-c3nc(-c4ccccc4)nc(-c4ccc5c(c4)C4(c6ccccc6-5)c5ccccc5-n5c4nc4ccccc45)n3)cc2)=CCC1.CCCC. The van der Waals surface area contributed by atoms with Gasteiger partial charge in [-0.3, -0.25) is 4.57 Å². The number of unbranched alkanes of at least 4 members (excludes halogenated alkanes) is 1. The fourth-order valence-corrected chi connectivity index (χ4v) is 8.57. The molecule has 0 bridgehead atoms. The molecular weight excluding hydrogens is 683 g/mol. The van der Waals surface area contributed by atoms with Gasteiger partial charge in [0.25, 0.3) is 0 Å². The number of aromatic nitrogens is 5. The summed E-state index contributed by atoms with van der Waals surface area (Å²) >= 11 is 0. The molecule has 3 heterocycles. The van der Waals surface area contributed by atoms with Crippen molar-refractivity contribution in [3.63, 3.8) is 0 Å². The van der Waals surface area contributed by atoms with Crippen LogP contribution < -0.4 is 0 Å². The van der Waals surface area contributed by atoms with Crippen molar-refractivity contribution in [1.29, 1.82) is 0 Å². The van der Waals surface area contributed by atoms with Gasteiger partial charge in [-0.15, -0.1) is 0 Å². The molecular formula is C51H41N5. The smallest absolute Gasteiger partial charge is 0.164 e. The van der Waals surface area contributed by atoms with Gasteiger partial charge in [-0.25, -0.2) is 19.9 Å². The Bertz CT molecular complexity index is 2830. The van der Waals surface area contributed by atoms with E-state index in [-0.39, 0.29) is 0 Å². The Morgan fingerprint density at radius 2 is 1.12 bits per heavy atom. The first-order valence-corrected chi connectivity index (χ1v) is 19.8. The van der Waals surface area contributed by atoms with Crippen LogP contribution in [0.5, 0.6) is 0 Å². The molecule has 0 N–H and O–H groups in total. The molecule has 1 unspecified atom stereocenters. The van der Waals surface area contributed by atoms with Crippen LogP contribution in [0.2, 0.25) is 0 Å². The molecule has 2 aliphatic carbocycles. The molecule has 8 aromatic rings. The van der Waals surface area contributed by atoms with E-state index in [2.05, 4.69) is 164 Å². The lowest BCUT2D eigenvalue weighted by Gasteiger charge is -2.27. The molecule has 6 aromatic carbocycles. The van der Waals surface area contributed by atoms with Gasteiger partial charge in [-0.2, -0.15) is 0 Å². The summed E-state index contributed by atoms with van der Waals surface area (Å²) in [6, 6.07) is 51.5. The van der Waals surface area contributed by atoms with Gasteiger partial charge in [0.15, 0.2) is 17.5 Å². The van der Waals surface area contributed by atoms with Crippen LogP contribution >= 0.6 is 0 Å². The molecule has 3 aliphatic rings. The van der Waals surface area contributed by atoms with E-state index in [0.29, 0.717) is 17.5 Å². The van der Waals surface area contributed by atoms with E-state index >= 15 is 0 Å². The predicted molar refractivity (Wildman–Crippen MR) is 229 cm³/mol. The lowest BCUT2D eigenvalue weighted by Crippen LogP contribution is -2.27. The summed E-state index contributed by atoms with van der Waals surface area (Å²) in [5.74, 6) is 2.95. The fourth-order valence-electron chi connectivity index (χ4n) is 8.57. The maximum atomic E-state index is 5.41. The molecule has 5 nitrogen and oxygen atoms in total. The van der Waals surface area contributed by atoms with E-state index < -0.39 is 5.41 Å². The Morgan fingerprint density at radius 1 is 0.518 bits per heavy atom. The molecule has 1 aliphatic heterocycles. The van der Waals surface area contributed by atoms with Crippen molar-refractivity contribution in [2.75, 3.05) is 0 Å². The highest BCUT2D eigenvalue weighted by Gasteiger charge is 2.54. The van der Waals surface area contributed by atoms with Crippen LogP contribution in [0.15, 0.2) is 164 Å². The highest BCUT2D eigenvalue weighted by atomic mass is 15.1. The summed E-state index contributed by atoms with van der Waals surface area (Å²) in [6.45, 7) is 4.36. The third kappa shape index (κ3) is 5.30. The van der Waals surface area contributed by atoms with E-state index in [1.54, 1.807) is 0 Å². The highest BCUT2D eigenvalue weighted by Crippen LogP contribution is 2.60. The average molecular weight is 724 g/mol. The summed E-state index contributed by atoms with van der Waals surface area (Å²) in [4.78, 5) is 20.8. The molecule has 1 atom stereocenters. The third-order valence-corrected chi connectivity index (χ3v) is 11.4. The molecule has 11 rings (SSSR count). The van der Waals surface area contributed by atoms with Crippen molar-refractivity contribution < 1.29 is 0 Å². The maximum Gasteiger partial charge on any atom is 0.164 e. The van der Waals surface area contributed by atoms with Crippen LogP contribution in [0, 0.1) is 0 Å². The van der Waals surface area contributed by atoms with Gasteiger partial charge in [-0.1, -0.05) is 166 Å². The zero-order valence-electron chi connectivity index (χ0n) is 31.7. The number of para-hydroxylation sites is 3. The minimum atomic E-state index is -0.603. The van der Waals surface area contributed by atoms with E-state index in [4.69, 9.17) is 19.9 Å². The van der Waals surface area contributed by atoms with Gasteiger partial charge >= 0.3 is 0 Å². The number of rotatable bonds is 5. The van der Waals surface area contributed by atoms with E-state index in [1.807, 2.05) is 18.2 Å². The second kappa shape index (κ2) is 13.8. The number of nitrogens with zero attached hydrogens (tertiary/aromatic N) is 5. The van der Waals surface area contributed by atoms with Crippen LogP contribution in [0.25, 0.3) is 67.6 Å². The summed E-state index contributed by atoms with van der Waals surface area (Å²) in [6.07, 6.45) is 11.6. The largest absolute Gasteiger partial charge is 0.295 e. The van der Waals surface area contributed by atoms with Crippen LogP contribution in [-0.2, 0) is 5.41 Å². The third-order valence-electron chi connectivity index (χ3n) is 11.4. The summed E-state index contributed by atoms with van der Waals surface area (Å²) < 4.78 is 2.36. The summed E-state index contributed by atoms with van der Waals surface area (Å²) in [7, 11) is 0. The number of hydrogen-bond acceptors (Lipinski definition) is 4. The monoisotopic (exact) mass is 723 g/mol. The zero-order valence-corrected chi connectivity index (χ0v) is 31.7. The Morgan fingerprint density at radius 3 is 1.88 bits per heavy atom. The van der Waals surface area contributed by atoms with E-state index in [1.165, 1.54) is 51.8 Å². The molecule has 1 spiro atoms. The molecule has 0 fully saturated rings. The van der Waals surface area contributed by atoms with Crippen LogP contribution in [0.3, 0.4) is 0 Å². The summed E-state index contributed by atoms with van der Waals surface area (Å²) in [5.41, 5.74) is 14.1. The molecule has 56 heavy (non-hydrogen) atoms. The Labute approximate surface area is 327 Å². The molecule has 0 saturated heterocycles. The second-order valence-electron chi connectivity index (χ2n) is 14.7. The maximum absolute atomic E-state index is 5.41. The molecule has 0 radical (unpaired) electrons. The number of imidazole rings is 1.